The van der Waals surface area contributed by atoms with Gasteiger partial charge in [-0.1, -0.05) is 32.4 Å². The molecule has 47 heavy (non-hydrogen) atoms. The fraction of sp³-hybridized carbons (Fsp3) is 0.469. The molecule has 4 rings (SSSR count). The van der Waals surface area contributed by atoms with Crippen LogP contribution in [0.3, 0.4) is 0 Å². The third-order valence-electron chi connectivity index (χ3n) is 8.79. The van der Waals surface area contributed by atoms with Gasteiger partial charge in [0.25, 0.3) is 5.91 Å². The second-order valence-corrected chi connectivity index (χ2v) is 18.9. The number of ether oxygens (including phenoxy) is 1. The molecule has 254 valence electrons. The maximum absolute atomic E-state index is 13.9. The summed E-state index contributed by atoms with van der Waals surface area (Å²) < 4.78 is 39.2. The van der Waals surface area contributed by atoms with Crippen LogP contribution in [0.4, 0.5) is 14.6 Å². The zero-order valence-electron chi connectivity index (χ0n) is 27.9. The Morgan fingerprint density at radius 2 is 1.87 bits per heavy atom. The Labute approximate surface area is 279 Å². The molecule has 1 aromatic carbocycles. The summed E-state index contributed by atoms with van der Waals surface area (Å²) in [5.41, 5.74) is -0.175. The summed E-state index contributed by atoms with van der Waals surface area (Å²) in [7, 11) is -2.15. The molecular formula is C32H41ClF2N6O5Si. The summed E-state index contributed by atoms with van der Waals surface area (Å²) in [6.45, 7) is 17.2. The predicted molar refractivity (Wildman–Crippen MR) is 176 cm³/mol. The van der Waals surface area contributed by atoms with Crippen LogP contribution in [0, 0.1) is 16.8 Å². The minimum Gasteiger partial charge on any atom is -0.618 e. The van der Waals surface area contributed by atoms with E-state index in [9.17, 15) is 23.6 Å². The van der Waals surface area contributed by atoms with E-state index >= 15 is 0 Å². The van der Waals surface area contributed by atoms with E-state index in [1.807, 2.05) is 18.7 Å². The van der Waals surface area contributed by atoms with E-state index < -0.39 is 31.5 Å². The number of nitrogens with zero attached hydrogens (tertiary/aromatic N) is 5. The van der Waals surface area contributed by atoms with Gasteiger partial charge in [-0.25, -0.2) is 18.7 Å². The lowest BCUT2D eigenvalue weighted by molar-refractivity contribution is -0.616. The number of carbonyl (C=O) groups excluding carboxylic acids is 2. The number of hydrogen-bond acceptors (Lipinski definition) is 8. The average molecular weight is 691 g/mol. The van der Waals surface area contributed by atoms with Gasteiger partial charge in [-0.2, -0.15) is 4.73 Å². The van der Waals surface area contributed by atoms with Crippen LogP contribution in [0.2, 0.25) is 23.2 Å². The highest BCUT2D eigenvalue weighted by atomic mass is 35.5. The first-order valence-electron chi connectivity index (χ1n) is 15.2. The van der Waals surface area contributed by atoms with E-state index in [4.69, 9.17) is 20.8 Å². The van der Waals surface area contributed by atoms with Crippen LogP contribution in [0.5, 0.6) is 11.6 Å². The van der Waals surface area contributed by atoms with Crippen LogP contribution in [-0.2, 0) is 15.8 Å². The van der Waals surface area contributed by atoms with Crippen molar-refractivity contribution in [2.24, 2.45) is 0 Å². The number of carbonyl (C=O) groups is 2. The molecule has 3 heterocycles. The molecule has 1 N–H and O–H groups in total. The monoisotopic (exact) mass is 690 g/mol. The fourth-order valence-electron chi connectivity index (χ4n) is 4.84. The van der Waals surface area contributed by atoms with Crippen LogP contribution in [-0.4, -0.2) is 71.1 Å². The van der Waals surface area contributed by atoms with E-state index in [-0.39, 0.29) is 51.5 Å². The van der Waals surface area contributed by atoms with Gasteiger partial charge in [-0.05, 0) is 51.0 Å². The summed E-state index contributed by atoms with van der Waals surface area (Å²) >= 11 is 6.42. The maximum atomic E-state index is 13.9. The van der Waals surface area contributed by atoms with Crippen molar-refractivity contribution in [3.8, 4) is 11.6 Å². The maximum Gasteiger partial charge on any atom is 0.256 e. The van der Waals surface area contributed by atoms with Gasteiger partial charge in [0, 0.05) is 31.8 Å². The average Bonchev–Trinajstić information content (AvgIpc) is 2.97. The second-order valence-electron chi connectivity index (χ2n) is 13.7. The van der Waals surface area contributed by atoms with Gasteiger partial charge in [0.15, 0.2) is 31.9 Å². The minimum atomic E-state index is -2.15. The van der Waals surface area contributed by atoms with E-state index in [1.165, 1.54) is 24.7 Å². The predicted octanol–water partition coefficient (Wildman–Crippen LogP) is 5.92. The van der Waals surface area contributed by atoms with Gasteiger partial charge in [0.2, 0.25) is 17.5 Å². The quantitative estimate of drug-likeness (QED) is 0.167. The van der Waals surface area contributed by atoms with Gasteiger partial charge < -0.3 is 24.6 Å². The molecule has 2 amide bonds. The van der Waals surface area contributed by atoms with Gasteiger partial charge in [-0.15, -0.1) is 0 Å². The molecule has 0 aliphatic carbocycles. The van der Waals surface area contributed by atoms with E-state index in [2.05, 4.69) is 49.1 Å². The molecule has 0 radical (unpaired) electrons. The smallest absolute Gasteiger partial charge is 0.256 e. The Kier molecular flexibility index (Phi) is 10.6. The zero-order chi connectivity index (χ0) is 34.9. The Hall–Kier alpha value is -3.72. The van der Waals surface area contributed by atoms with Crippen molar-refractivity contribution < 1.29 is 32.3 Å². The molecule has 0 unspecified atom stereocenters. The van der Waals surface area contributed by atoms with Crippen molar-refractivity contribution in [3.63, 3.8) is 0 Å². The summed E-state index contributed by atoms with van der Waals surface area (Å²) in [6.07, 6.45) is 3.67. The van der Waals surface area contributed by atoms with Crippen molar-refractivity contribution in [3.05, 3.63) is 76.0 Å². The normalized spacial score (nSPS) is 16.1. The first-order valence-corrected chi connectivity index (χ1v) is 18.4. The molecule has 0 saturated carbocycles. The summed E-state index contributed by atoms with van der Waals surface area (Å²) in [5.74, 6) is -2.38. The summed E-state index contributed by atoms with van der Waals surface area (Å²) in [5, 5.41) is 15.4. The molecule has 1 atom stereocenters. The summed E-state index contributed by atoms with van der Waals surface area (Å²) in [6, 6.07) is 3.81. The highest BCUT2D eigenvalue weighted by molar-refractivity contribution is 6.74. The molecule has 1 saturated heterocycles. The van der Waals surface area contributed by atoms with Crippen molar-refractivity contribution in [2.45, 2.75) is 77.9 Å². The summed E-state index contributed by atoms with van der Waals surface area (Å²) in [4.78, 5) is 38.8. The molecule has 0 bridgehead atoms. The molecule has 1 fully saturated rings. The number of anilines is 1. The zero-order valence-corrected chi connectivity index (χ0v) is 29.6. The Morgan fingerprint density at radius 1 is 1.17 bits per heavy atom. The van der Waals surface area contributed by atoms with Gasteiger partial charge >= 0.3 is 0 Å². The Morgan fingerprint density at radius 3 is 2.47 bits per heavy atom. The SMILES string of the molecule is C[C@@H](C(=O)Nc1cnc(Oc2ccc(F)cc2F)cn1)N1CCN(C(=O)c2cc(CO[Si](C)(C)C(C)(C)C)[n+]([O-])cc2Cl)C(C)(C)C1. The number of nitrogens with one attached hydrogen (secondary N) is 1. The fourth-order valence-corrected chi connectivity index (χ4v) is 6.01. The highest BCUT2D eigenvalue weighted by Gasteiger charge is 2.41. The minimum absolute atomic E-state index is 0.0390. The van der Waals surface area contributed by atoms with Crippen LogP contribution in [0.25, 0.3) is 0 Å². The molecule has 11 nitrogen and oxygen atoms in total. The van der Waals surface area contributed by atoms with E-state index in [1.54, 1.807) is 11.8 Å². The molecule has 1 aliphatic heterocycles. The van der Waals surface area contributed by atoms with Crippen LogP contribution in [0.1, 0.15) is 57.6 Å². The first-order chi connectivity index (χ1) is 21.8. The van der Waals surface area contributed by atoms with Gasteiger partial charge in [0.05, 0.1) is 29.5 Å². The number of benzene rings is 1. The molecule has 0 spiro atoms. The Bertz CT molecular complexity index is 1640. The highest BCUT2D eigenvalue weighted by Crippen LogP contribution is 2.37. The number of aromatic nitrogens is 3. The van der Waals surface area contributed by atoms with Crippen LogP contribution >= 0.6 is 11.6 Å². The number of pyridine rings is 1. The van der Waals surface area contributed by atoms with E-state index in [0.29, 0.717) is 36.1 Å². The number of hydrogen-bond donors (Lipinski definition) is 1. The lowest BCUT2D eigenvalue weighted by Gasteiger charge is -2.48. The van der Waals surface area contributed by atoms with Gasteiger partial charge in [0.1, 0.15) is 17.4 Å². The third kappa shape index (κ3) is 8.42. The number of amides is 2. The molecule has 15 heteroatoms. The number of rotatable bonds is 9. The number of piperazine rings is 1. The van der Waals surface area contributed by atoms with Crippen molar-refractivity contribution in [1.82, 2.24) is 19.8 Å². The van der Waals surface area contributed by atoms with Crippen LogP contribution < -0.4 is 14.8 Å². The van der Waals surface area contributed by atoms with Crippen molar-refractivity contribution in [1.29, 1.82) is 0 Å². The number of halogens is 3. The molecular weight excluding hydrogens is 650 g/mol. The molecule has 3 aromatic rings. The van der Waals surface area contributed by atoms with E-state index in [0.717, 1.165) is 12.1 Å². The largest absolute Gasteiger partial charge is 0.618 e. The molecule has 2 aromatic heterocycles. The lowest BCUT2D eigenvalue weighted by Crippen LogP contribution is -2.63. The standard InChI is InChI=1S/C32H41ClF2N6O5Si/c1-20(29(42)38-27-15-37-28(16-36-27)46-26-10-9-21(34)13-25(26)35)39-11-12-40(32(5,6)19-39)30(43)23-14-22(41(44)17-24(23)33)18-45-47(7,8)31(2,3)4/h9-10,13-17,20H,11-12,18-19H2,1-8H3,(H,36,38,42)/t20-/m0/s1. The molecule has 1 aliphatic rings. The Balaban J connectivity index is 1.39. The topological polar surface area (TPSA) is 124 Å². The van der Waals surface area contributed by atoms with Crippen LogP contribution in [0.15, 0.2) is 42.9 Å². The van der Waals surface area contributed by atoms with Crippen molar-refractivity contribution in [2.75, 3.05) is 25.0 Å². The lowest BCUT2D eigenvalue weighted by atomic mass is 9.96. The van der Waals surface area contributed by atoms with Gasteiger partial charge in [-0.3, -0.25) is 14.5 Å². The van der Waals surface area contributed by atoms with Crippen molar-refractivity contribution >= 4 is 37.6 Å². The third-order valence-corrected chi connectivity index (χ3v) is 13.6. The second kappa shape index (κ2) is 13.8. The first kappa shape index (κ1) is 36.1.